The van der Waals surface area contributed by atoms with Crippen LogP contribution < -0.4 is 4.72 Å². The Labute approximate surface area is 168 Å². The SMILES string of the molecule is CS(=O)(=O)NC1CCN(C(=O)/C=C/c2ccc(-c3ccc(Cl)cc3)s2)CC1. The van der Waals surface area contributed by atoms with Crippen molar-refractivity contribution in [1.29, 1.82) is 0 Å². The first-order chi connectivity index (χ1) is 12.8. The summed E-state index contributed by atoms with van der Waals surface area (Å²) in [6, 6.07) is 11.6. The fourth-order valence-corrected chi connectivity index (χ4v) is 4.87. The van der Waals surface area contributed by atoms with E-state index in [-0.39, 0.29) is 11.9 Å². The molecule has 5 nitrogen and oxygen atoms in total. The van der Waals surface area contributed by atoms with Gasteiger partial charge in [-0.1, -0.05) is 23.7 Å². The first-order valence-electron chi connectivity index (χ1n) is 8.60. The highest BCUT2D eigenvalue weighted by Crippen LogP contribution is 2.29. The number of amides is 1. The van der Waals surface area contributed by atoms with Crippen molar-refractivity contribution in [1.82, 2.24) is 9.62 Å². The molecule has 1 fully saturated rings. The molecule has 144 valence electrons. The van der Waals surface area contributed by atoms with Gasteiger partial charge in [-0.25, -0.2) is 13.1 Å². The number of likely N-dealkylation sites (tertiary alicyclic amines) is 1. The normalized spacial score (nSPS) is 16.1. The molecule has 0 aliphatic carbocycles. The molecule has 27 heavy (non-hydrogen) atoms. The molecule has 1 aliphatic rings. The number of piperidine rings is 1. The van der Waals surface area contributed by atoms with E-state index in [1.165, 1.54) is 0 Å². The van der Waals surface area contributed by atoms with Gasteiger partial charge in [-0.05, 0) is 48.7 Å². The van der Waals surface area contributed by atoms with Crippen LogP contribution in [0.4, 0.5) is 0 Å². The number of halogens is 1. The lowest BCUT2D eigenvalue weighted by Crippen LogP contribution is -2.45. The summed E-state index contributed by atoms with van der Waals surface area (Å²) in [4.78, 5) is 16.2. The van der Waals surface area contributed by atoms with Crippen LogP contribution in [0.15, 0.2) is 42.5 Å². The zero-order chi connectivity index (χ0) is 19.4. The quantitative estimate of drug-likeness (QED) is 0.745. The van der Waals surface area contributed by atoms with Gasteiger partial charge in [0.15, 0.2) is 0 Å². The van der Waals surface area contributed by atoms with E-state index in [2.05, 4.69) is 4.72 Å². The Hall–Kier alpha value is -1.67. The lowest BCUT2D eigenvalue weighted by Gasteiger charge is -2.31. The summed E-state index contributed by atoms with van der Waals surface area (Å²) in [5.41, 5.74) is 1.09. The smallest absolute Gasteiger partial charge is 0.246 e. The molecule has 0 unspecified atom stereocenters. The minimum Gasteiger partial charge on any atom is -0.339 e. The molecule has 0 spiro atoms. The average molecular weight is 425 g/mol. The monoisotopic (exact) mass is 424 g/mol. The van der Waals surface area contributed by atoms with E-state index < -0.39 is 10.0 Å². The standard InChI is InChI=1S/C19H21ClN2O3S2/c1-27(24,25)21-16-10-12-22(13-11-16)19(23)9-7-17-6-8-18(26-17)14-2-4-15(20)5-3-14/h2-9,16,21H,10-13H2,1H3/b9-7+. The van der Waals surface area contributed by atoms with E-state index >= 15 is 0 Å². The summed E-state index contributed by atoms with van der Waals surface area (Å²) in [7, 11) is -3.20. The molecule has 2 heterocycles. The van der Waals surface area contributed by atoms with Gasteiger partial charge < -0.3 is 4.90 Å². The molecule has 1 aliphatic heterocycles. The van der Waals surface area contributed by atoms with E-state index in [1.807, 2.05) is 42.5 Å². The molecule has 1 aromatic carbocycles. The Morgan fingerprint density at radius 2 is 1.85 bits per heavy atom. The molecule has 1 N–H and O–H groups in total. The van der Waals surface area contributed by atoms with Crippen molar-refractivity contribution in [2.75, 3.05) is 19.3 Å². The first-order valence-corrected chi connectivity index (χ1v) is 11.7. The van der Waals surface area contributed by atoms with Crippen molar-refractivity contribution in [3.63, 3.8) is 0 Å². The number of hydrogen-bond acceptors (Lipinski definition) is 4. The Morgan fingerprint density at radius 1 is 1.19 bits per heavy atom. The summed E-state index contributed by atoms with van der Waals surface area (Å²) < 4.78 is 25.2. The summed E-state index contributed by atoms with van der Waals surface area (Å²) in [5, 5.41) is 0.705. The highest BCUT2D eigenvalue weighted by atomic mass is 35.5. The highest BCUT2D eigenvalue weighted by Gasteiger charge is 2.23. The minimum absolute atomic E-state index is 0.0470. The minimum atomic E-state index is -3.20. The number of rotatable bonds is 5. The van der Waals surface area contributed by atoms with Gasteiger partial charge in [-0.15, -0.1) is 11.3 Å². The first kappa shape index (κ1) is 20.1. The van der Waals surface area contributed by atoms with E-state index in [0.29, 0.717) is 31.0 Å². The van der Waals surface area contributed by atoms with Gasteiger partial charge in [0.2, 0.25) is 15.9 Å². The predicted octanol–water partition coefficient (Wildman–Crippen LogP) is 3.62. The third-order valence-electron chi connectivity index (χ3n) is 4.33. The van der Waals surface area contributed by atoms with Crippen molar-refractivity contribution in [3.05, 3.63) is 52.4 Å². The number of carbonyl (C=O) groups is 1. The van der Waals surface area contributed by atoms with E-state index in [1.54, 1.807) is 22.3 Å². The lowest BCUT2D eigenvalue weighted by molar-refractivity contribution is -0.126. The fourth-order valence-electron chi connectivity index (χ4n) is 2.99. The van der Waals surface area contributed by atoms with Gasteiger partial charge in [-0.3, -0.25) is 4.79 Å². The van der Waals surface area contributed by atoms with Crippen LogP contribution in [0.3, 0.4) is 0 Å². The maximum atomic E-state index is 12.4. The Morgan fingerprint density at radius 3 is 2.48 bits per heavy atom. The molecule has 0 radical (unpaired) electrons. The third-order valence-corrected chi connectivity index (χ3v) is 6.45. The number of carbonyl (C=O) groups excluding carboxylic acids is 1. The molecular weight excluding hydrogens is 404 g/mol. The second-order valence-electron chi connectivity index (χ2n) is 6.53. The van der Waals surface area contributed by atoms with Gasteiger partial charge in [0.05, 0.1) is 6.26 Å². The van der Waals surface area contributed by atoms with Crippen molar-refractivity contribution in [3.8, 4) is 10.4 Å². The van der Waals surface area contributed by atoms with Crippen molar-refractivity contribution < 1.29 is 13.2 Å². The number of benzene rings is 1. The maximum absolute atomic E-state index is 12.4. The molecule has 8 heteroatoms. The number of nitrogens with one attached hydrogen (secondary N) is 1. The number of thiophene rings is 1. The topological polar surface area (TPSA) is 66.5 Å². The third kappa shape index (κ3) is 5.90. The van der Waals surface area contributed by atoms with Crippen LogP contribution in [0, 0.1) is 0 Å². The second kappa shape index (κ2) is 8.56. The zero-order valence-corrected chi connectivity index (χ0v) is 17.3. The van der Waals surface area contributed by atoms with Crippen LogP contribution in [0.5, 0.6) is 0 Å². The predicted molar refractivity (Wildman–Crippen MR) is 111 cm³/mol. The molecule has 1 aromatic heterocycles. The summed E-state index contributed by atoms with van der Waals surface area (Å²) in [5.74, 6) is -0.0470. The van der Waals surface area contributed by atoms with E-state index in [4.69, 9.17) is 11.6 Å². The Balaban J connectivity index is 1.56. The summed E-state index contributed by atoms with van der Waals surface area (Å²) in [6.45, 7) is 1.10. The molecule has 1 saturated heterocycles. The van der Waals surface area contributed by atoms with Crippen LogP contribution in [0.2, 0.25) is 5.02 Å². The van der Waals surface area contributed by atoms with Crippen molar-refractivity contribution in [2.45, 2.75) is 18.9 Å². The van der Waals surface area contributed by atoms with Crippen LogP contribution in [0.1, 0.15) is 17.7 Å². The van der Waals surface area contributed by atoms with Crippen molar-refractivity contribution in [2.24, 2.45) is 0 Å². The van der Waals surface area contributed by atoms with Gasteiger partial charge >= 0.3 is 0 Å². The van der Waals surface area contributed by atoms with E-state index in [9.17, 15) is 13.2 Å². The molecular formula is C19H21ClN2O3S2. The highest BCUT2D eigenvalue weighted by molar-refractivity contribution is 7.88. The zero-order valence-electron chi connectivity index (χ0n) is 14.9. The molecule has 0 saturated carbocycles. The molecule has 1 amide bonds. The van der Waals surface area contributed by atoms with Crippen LogP contribution in [-0.2, 0) is 14.8 Å². The number of nitrogens with zero attached hydrogens (tertiary/aromatic N) is 1. The molecule has 3 rings (SSSR count). The lowest BCUT2D eigenvalue weighted by atomic mass is 10.1. The largest absolute Gasteiger partial charge is 0.339 e. The average Bonchev–Trinajstić information content (AvgIpc) is 3.08. The maximum Gasteiger partial charge on any atom is 0.246 e. The van der Waals surface area contributed by atoms with Crippen LogP contribution in [0.25, 0.3) is 16.5 Å². The van der Waals surface area contributed by atoms with Gasteiger partial charge in [0.1, 0.15) is 0 Å². The fraction of sp³-hybridized carbons (Fsp3) is 0.316. The summed E-state index contributed by atoms with van der Waals surface area (Å²) in [6.07, 6.45) is 5.83. The van der Waals surface area contributed by atoms with Crippen molar-refractivity contribution >= 4 is 44.9 Å². The summed E-state index contributed by atoms with van der Waals surface area (Å²) >= 11 is 7.53. The second-order valence-corrected chi connectivity index (χ2v) is 9.86. The van der Waals surface area contributed by atoms with Gasteiger partial charge in [-0.2, -0.15) is 0 Å². The Bertz CT molecular complexity index is 928. The number of sulfonamides is 1. The van der Waals surface area contributed by atoms with Crippen LogP contribution >= 0.6 is 22.9 Å². The molecule has 0 atom stereocenters. The Kier molecular flexibility index (Phi) is 6.37. The molecule has 2 aromatic rings. The van der Waals surface area contributed by atoms with Gasteiger partial charge in [0, 0.05) is 40.0 Å². The van der Waals surface area contributed by atoms with E-state index in [0.717, 1.165) is 21.6 Å². The molecule has 0 bridgehead atoms. The van der Waals surface area contributed by atoms with Gasteiger partial charge in [0.25, 0.3) is 0 Å². The van der Waals surface area contributed by atoms with Crippen LogP contribution in [-0.4, -0.2) is 44.6 Å². The number of hydrogen-bond donors (Lipinski definition) is 1.